The number of carbonyl (C=O) groups excluding carboxylic acids is 1. The lowest BCUT2D eigenvalue weighted by Gasteiger charge is -2.22. The van der Waals surface area contributed by atoms with Gasteiger partial charge in [-0.2, -0.15) is 11.8 Å². The number of carbonyl (C=O) groups is 1. The van der Waals surface area contributed by atoms with E-state index in [0.717, 1.165) is 29.4 Å². The second kappa shape index (κ2) is 8.92. The SMILES string of the molecule is CC(Nc1ccc(NC(=O)CC2CSCCN2)cc1)c1ccccc1. The molecule has 0 radical (unpaired) electrons. The van der Waals surface area contributed by atoms with Crippen molar-refractivity contribution in [2.75, 3.05) is 28.7 Å². The van der Waals surface area contributed by atoms with Crippen molar-refractivity contribution in [2.45, 2.75) is 25.4 Å². The summed E-state index contributed by atoms with van der Waals surface area (Å²) in [5.41, 5.74) is 3.13. The van der Waals surface area contributed by atoms with Crippen molar-refractivity contribution >= 4 is 29.0 Å². The number of thioether (sulfide) groups is 1. The zero-order valence-corrected chi connectivity index (χ0v) is 15.3. The quantitative estimate of drug-likeness (QED) is 0.736. The van der Waals surface area contributed by atoms with Gasteiger partial charge in [-0.15, -0.1) is 0 Å². The lowest BCUT2D eigenvalue weighted by Crippen LogP contribution is -2.39. The third-order valence-corrected chi connectivity index (χ3v) is 5.41. The summed E-state index contributed by atoms with van der Waals surface area (Å²) in [6.07, 6.45) is 0.526. The van der Waals surface area contributed by atoms with Gasteiger partial charge in [0.2, 0.25) is 5.91 Å². The molecule has 1 aliphatic heterocycles. The van der Waals surface area contributed by atoms with Crippen LogP contribution in [0.4, 0.5) is 11.4 Å². The van der Waals surface area contributed by atoms with Crippen molar-refractivity contribution < 1.29 is 4.79 Å². The number of rotatable bonds is 6. The largest absolute Gasteiger partial charge is 0.379 e. The molecule has 2 aromatic rings. The molecule has 0 bridgehead atoms. The molecule has 3 rings (SSSR count). The molecule has 0 saturated carbocycles. The van der Waals surface area contributed by atoms with Crippen LogP contribution < -0.4 is 16.0 Å². The average Bonchev–Trinajstić information content (AvgIpc) is 2.65. The van der Waals surface area contributed by atoms with Crippen LogP contribution in [-0.4, -0.2) is 30.0 Å². The van der Waals surface area contributed by atoms with E-state index in [1.807, 2.05) is 54.2 Å². The summed E-state index contributed by atoms with van der Waals surface area (Å²) in [7, 11) is 0. The van der Waals surface area contributed by atoms with Gasteiger partial charge in [-0.3, -0.25) is 4.79 Å². The van der Waals surface area contributed by atoms with E-state index >= 15 is 0 Å². The van der Waals surface area contributed by atoms with Crippen LogP contribution in [0.3, 0.4) is 0 Å². The monoisotopic (exact) mass is 355 g/mol. The predicted molar refractivity (Wildman–Crippen MR) is 107 cm³/mol. The van der Waals surface area contributed by atoms with Crippen LogP contribution in [0.25, 0.3) is 0 Å². The number of hydrogen-bond donors (Lipinski definition) is 3. The van der Waals surface area contributed by atoms with Gasteiger partial charge in [0, 0.05) is 47.9 Å². The fourth-order valence-electron chi connectivity index (χ4n) is 2.91. The predicted octanol–water partition coefficient (Wildman–Crippen LogP) is 3.89. The third kappa shape index (κ3) is 5.51. The fraction of sp³-hybridized carbons (Fsp3) is 0.350. The molecule has 1 heterocycles. The number of benzene rings is 2. The van der Waals surface area contributed by atoms with Crippen molar-refractivity contribution in [1.29, 1.82) is 0 Å². The smallest absolute Gasteiger partial charge is 0.225 e. The normalized spacial score (nSPS) is 18.4. The van der Waals surface area contributed by atoms with E-state index in [1.54, 1.807) is 0 Å². The molecule has 2 atom stereocenters. The van der Waals surface area contributed by atoms with Crippen molar-refractivity contribution in [2.24, 2.45) is 0 Å². The lowest BCUT2D eigenvalue weighted by atomic mass is 10.1. The van der Waals surface area contributed by atoms with Crippen LogP contribution in [0.5, 0.6) is 0 Å². The fourth-order valence-corrected chi connectivity index (χ4v) is 3.86. The molecule has 2 unspecified atom stereocenters. The highest BCUT2D eigenvalue weighted by Crippen LogP contribution is 2.21. The first-order valence-electron chi connectivity index (χ1n) is 8.73. The summed E-state index contributed by atoms with van der Waals surface area (Å²) in [4.78, 5) is 12.2. The Morgan fingerprint density at radius 1 is 1.16 bits per heavy atom. The van der Waals surface area contributed by atoms with E-state index in [1.165, 1.54) is 5.56 Å². The second-order valence-electron chi connectivity index (χ2n) is 6.33. The van der Waals surface area contributed by atoms with E-state index < -0.39 is 0 Å². The minimum absolute atomic E-state index is 0.0679. The van der Waals surface area contributed by atoms with Crippen LogP contribution in [0, 0.1) is 0 Å². The average molecular weight is 356 g/mol. The van der Waals surface area contributed by atoms with Crippen LogP contribution in [-0.2, 0) is 4.79 Å². The van der Waals surface area contributed by atoms with Crippen LogP contribution in [0.15, 0.2) is 54.6 Å². The summed E-state index contributed by atoms with van der Waals surface area (Å²) in [6.45, 7) is 3.13. The summed E-state index contributed by atoms with van der Waals surface area (Å²) in [5.74, 6) is 2.21. The van der Waals surface area contributed by atoms with Gasteiger partial charge in [0.1, 0.15) is 0 Å². The molecule has 3 N–H and O–H groups in total. The maximum absolute atomic E-state index is 12.2. The molecule has 132 valence electrons. The maximum atomic E-state index is 12.2. The minimum atomic E-state index is 0.0679. The highest BCUT2D eigenvalue weighted by Gasteiger charge is 2.16. The van der Waals surface area contributed by atoms with E-state index in [-0.39, 0.29) is 18.0 Å². The van der Waals surface area contributed by atoms with Crippen molar-refractivity contribution in [1.82, 2.24) is 5.32 Å². The second-order valence-corrected chi connectivity index (χ2v) is 7.48. The Balaban J connectivity index is 1.50. The molecule has 1 amide bonds. The molecule has 5 heteroatoms. The van der Waals surface area contributed by atoms with Gasteiger partial charge in [0.05, 0.1) is 0 Å². The highest BCUT2D eigenvalue weighted by molar-refractivity contribution is 7.99. The van der Waals surface area contributed by atoms with Crippen molar-refractivity contribution in [3.05, 3.63) is 60.2 Å². The highest BCUT2D eigenvalue weighted by atomic mass is 32.2. The summed E-state index contributed by atoms with van der Waals surface area (Å²) in [6, 6.07) is 18.8. The maximum Gasteiger partial charge on any atom is 0.225 e. The Morgan fingerprint density at radius 3 is 2.56 bits per heavy atom. The molecular formula is C20H25N3OS. The zero-order chi connectivity index (χ0) is 17.5. The molecule has 4 nitrogen and oxygen atoms in total. The van der Waals surface area contributed by atoms with E-state index in [4.69, 9.17) is 0 Å². The topological polar surface area (TPSA) is 53.2 Å². The Kier molecular flexibility index (Phi) is 6.36. The number of amides is 1. The van der Waals surface area contributed by atoms with E-state index in [0.29, 0.717) is 6.42 Å². The van der Waals surface area contributed by atoms with Gasteiger partial charge >= 0.3 is 0 Å². The molecule has 2 aromatic carbocycles. The first-order valence-corrected chi connectivity index (χ1v) is 9.89. The Bertz CT molecular complexity index is 669. The van der Waals surface area contributed by atoms with Crippen molar-refractivity contribution in [3.8, 4) is 0 Å². The Morgan fingerprint density at radius 2 is 1.88 bits per heavy atom. The Hall–Kier alpha value is -1.98. The van der Waals surface area contributed by atoms with Crippen LogP contribution >= 0.6 is 11.8 Å². The summed E-state index contributed by atoms with van der Waals surface area (Å²) >= 11 is 1.91. The van der Waals surface area contributed by atoms with Crippen LogP contribution in [0.2, 0.25) is 0 Å². The lowest BCUT2D eigenvalue weighted by molar-refractivity contribution is -0.116. The standard InChI is InChI=1S/C20H25N3OS/c1-15(16-5-3-2-4-6-16)22-17-7-9-18(10-8-17)23-20(24)13-19-14-25-12-11-21-19/h2-10,15,19,21-22H,11-14H2,1H3,(H,23,24). The van der Waals surface area contributed by atoms with Gasteiger partial charge in [-0.05, 0) is 36.8 Å². The van der Waals surface area contributed by atoms with Gasteiger partial charge in [0.25, 0.3) is 0 Å². The number of nitrogens with one attached hydrogen (secondary N) is 3. The molecule has 25 heavy (non-hydrogen) atoms. The van der Waals surface area contributed by atoms with Crippen LogP contribution in [0.1, 0.15) is 24.9 Å². The first-order chi connectivity index (χ1) is 12.2. The molecule has 1 aliphatic rings. The summed E-state index contributed by atoms with van der Waals surface area (Å²) < 4.78 is 0. The molecule has 0 aromatic heterocycles. The van der Waals surface area contributed by atoms with Crippen molar-refractivity contribution in [3.63, 3.8) is 0 Å². The van der Waals surface area contributed by atoms with Gasteiger partial charge < -0.3 is 16.0 Å². The Labute approximate surface area is 153 Å². The first kappa shape index (κ1) is 17.8. The van der Waals surface area contributed by atoms with Gasteiger partial charge in [-0.1, -0.05) is 30.3 Å². The molecule has 0 spiro atoms. The summed E-state index contributed by atoms with van der Waals surface area (Å²) in [5, 5.41) is 9.85. The minimum Gasteiger partial charge on any atom is -0.379 e. The van der Waals surface area contributed by atoms with Gasteiger partial charge in [-0.25, -0.2) is 0 Å². The number of anilines is 2. The zero-order valence-electron chi connectivity index (χ0n) is 14.5. The molecule has 1 saturated heterocycles. The molecule has 0 aliphatic carbocycles. The number of hydrogen-bond acceptors (Lipinski definition) is 4. The molecule has 1 fully saturated rings. The van der Waals surface area contributed by atoms with Gasteiger partial charge in [0.15, 0.2) is 0 Å². The molecular weight excluding hydrogens is 330 g/mol. The van der Waals surface area contributed by atoms with E-state index in [2.05, 4.69) is 35.0 Å². The third-order valence-electron chi connectivity index (χ3n) is 4.28. The van der Waals surface area contributed by atoms with E-state index in [9.17, 15) is 4.79 Å².